The van der Waals surface area contributed by atoms with Gasteiger partial charge in [0.25, 0.3) is 0 Å². The molecule has 1 aromatic rings. The summed E-state index contributed by atoms with van der Waals surface area (Å²) in [7, 11) is 0. The van der Waals surface area contributed by atoms with Gasteiger partial charge < -0.3 is 17.7 Å². The second-order valence-electron chi connectivity index (χ2n) is 5.06. The summed E-state index contributed by atoms with van der Waals surface area (Å²) in [4.78, 5) is 0. The highest BCUT2D eigenvalue weighted by atomic mass is 19.4. The zero-order valence-corrected chi connectivity index (χ0v) is 10.5. The summed E-state index contributed by atoms with van der Waals surface area (Å²) >= 11 is 0. The lowest BCUT2D eigenvalue weighted by atomic mass is 9.79. The third-order valence-electron chi connectivity index (χ3n) is 3.53. The van der Waals surface area contributed by atoms with Gasteiger partial charge in [-0.3, -0.25) is 0 Å². The van der Waals surface area contributed by atoms with Crippen molar-refractivity contribution < 1.29 is 17.7 Å². The van der Waals surface area contributed by atoms with Gasteiger partial charge in [0, 0.05) is 0 Å². The predicted octanol–water partition coefficient (Wildman–Crippen LogP) is 3.62. The van der Waals surface area contributed by atoms with Crippen LogP contribution in [-0.4, -0.2) is 13.6 Å². The van der Waals surface area contributed by atoms with E-state index >= 15 is 0 Å². The first-order valence-electron chi connectivity index (χ1n) is 6.40. The molecule has 5 heteroatoms. The van der Waals surface area contributed by atoms with Crippen LogP contribution < -0.4 is 10.2 Å². The highest BCUT2D eigenvalue weighted by molar-refractivity contribution is 6.73. The Bertz CT molecular complexity index is 411. The third kappa shape index (κ3) is 3.21. The SMILES string of the molecule is Cc1cc([B-](F)(F)F)ccc1OCC1CCCC1. The maximum atomic E-state index is 12.6. The first-order chi connectivity index (χ1) is 8.47. The molecule has 0 bridgehead atoms. The molecule has 0 aromatic heterocycles. The van der Waals surface area contributed by atoms with Crippen LogP contribution in [0, 0.1) is 12.8 Å². The third-order valence-corrected chi connectivity index (χ3v) is 3.53. The van der Waals surface area contributed by atoms with Crippen LogP contribution in [0.15, 0.2) is 18.2 Å². The molecule has 0 saturated heterocycles. The number of aryl methyl sites for hydroxylation is 1. The first-order valence-corrected chi connectivity index (χ1v) is 6.40. The quantitative estimate of drug-likeness (QED) is 0.748. The summed E-state index contributed by atoms with van der Waals surface area (Å²) in [6.07, 6.45) is 4.82. The number of benzene rings is 1. The molecule has 0 spiro atoms. The minimum atomic E-state index is -4.92. The van der Waals surface area contributed by atoms with Crippen molar-refractivity contribution in [2.75, 3.05) is 6.61 Å². The van der Waals surface area contributed by atoms with E-state index in [1.54, 1.807) is 6.92 Å². The number of hydrogen-bond donors (Lipinski definition) is 0. The lowest BCUT2D eigenvalue weighted by Crippen LogP contribution is -2.34. The normalized spacial score (nSPS) is 17.1. The fourth-order valence-corrected chi connectivity index (χ4v) is 2.42. The summed E-state index contributed by atoms with van der Waals surface area (Å²) in [5, 5.41) is 0. The molecule has 18 heavy (non-hydrogen) atoms. The summed E-state index contributed by atoms with van der Waals surface area (Å²) in [6.45, 7) is -2.63. The second-order valence-corrected chi connectivity index (χ2v) is 5.06. The molecule has 0 amide bonds. The fourth-order valence-electron chi connectivity index (χ4n) is 2.42. The molecule has 0 aliphatic heterocycles. The smallest absolute Gasteiger partial charge is 0.493 e. The maximum Gasteiger partial charge on any atom is 0.509 e. The van der Waals surface area contributed by atoms with E-state index in [4.69, 9.17) is 4.74 Å². The highest BCUT2D eigenvalue weighted by Gasteiger charge is 2.26. The van der Waals surface area contributed by atoms with Crippen LogP contribution in [0.2, 0.25) is 0 Å². The fraction of sp³-hybridized carbons (Fsp3) is 0.538. The second kappa shape index (κ2) is 5.25. The van der Waals surface area contributed by atoms with Crippen molar-refractivity contribution in [3.63, 3.8) is 0 Å². The van der Waals surface area contributed by atoms with E-state index in [0.717, 1.165) is 6.07 Å². The van der Waals surface area contributed by atoms with Crippen molar-refractivity contribution in [2.45, 2.75) is 32.6 Å². The molecule has 1 nitrogen and oxygen atoms in total. The lowest BCUT2D eigenvalue weighted by molar-refractivity contribution is 0.251. The molecule has 2 rings (SSSR count). The minimum Gasteiger partial charge on any atom is -0.493 e. The highest BCUT2D eigenvalue weighted by Crippen LogP contribution is 2.26. The Kier molecular flexibility index (Phi) is 3.88. The average Bonchev–Trinajstić information content (AvgIpc) is 2.79. The summed E-state index contributed by atoms with van der Waals surface area (Å²) in [6, 6.07) is 3.72. The van der Waals surface area contributed by atoms with Gasteiger partial charge in [-0.1, -0.05) is 25.0 Å². The van der Waals surface area contributed by atoms with E-state index in [2.05, 4.69) is 0 Å². The van der Waals surface area contributed by atoms with Gasteiger partial charge in [0.05, 0.1) is 6.61 Å². The summed E-state index contributed by atoms with van der Waals surface area (Å²) < 4.78 is 43.3. The Morgan fingerprint density at radius 2 is 1.89 bits per heavy atom. The van der Waals surface area contributed by atoms with Crippen molar-refractivity contribution >= 4 is 12.4 Å². The molecular formula is C13H17BF3O-. The first kappa shape index (κ1) is 13.3. The Balaban J connectivity index is 2.01. The molecule has 100 valence electrons. The van der Waals surface area contributed by atoms with Crippen molar-refractivity contribution in [1.29, 1.82) is 0 Å². The van der Waals surface area contributed by atoms with Crippen molar-refractivity contribution in [3.8, 4) is 5.75 Å². The van der Waals surface area contributed by atoms with Gasteiger partial charge >= 0.3 is 6.98 Å². The monoisotopic (exact) mass is 257 g/mol. The van der Waals surface area contributed by atoms with E-state index in [9.17, 15) is 12.9 Å². The topological polar surface area (TPSA) is 9.23 Å². The van der Waals surface area contributed by atoms with Gasteiger partial charge in [-0.05, 0) is 37.3 Å². The molecule has 0 radical (unpaired) electrons. The maximum absolute atomic E-state index is 12.6. The molecule has 1 saturated carbocycles. The number of hydrogen-bond acceptors (Lipinski definition) is 1. The van der Waals surface area contributed by atoms with Gasteiger partial charge in [-0.15, -0.1) is 5.46 Å². The van der Waals surface area contributed by atoms with Crippen LogP contribution in [0.1, 0.15) is 31.2 Å². The van der Waals surface area contributed by atoms with Gasteiger partial charge in [0.1, 0.15) is 5.75 Å². The van der Waals surface area contributed by atoms with E-state index in [0.29, 0.717) is 23.8 Å². The Morgan fingerprint density at radius 3 is 2.44 bits per heavy atom. The van der Waals surface area contributed by atoms with Crippen LogP contribution >= 0.6 is 0 Å². The zero-order chi connectivity index (χ0) is 13.2. The zero-order valence-electron chi connectivity index (χ0n) is 10.5. The van der Waals surface area contributed by atoms with Crippen LogP contribution in [0.3, 0.4) is 0 Å². The lowest BCUT2D eigenvalue weighted by Gasteiger charge is -2.18. The minimum absolute atomic E-state index is 0.555. The number of rotatable bonds is 4. The number of ether oxygens (including phenoxy) is 1. The van der Waals surface area contributed by atoms with E-state index < -0.39 is 12.4 Å². The van der Waals surface area contributed by atoms with Crippen LogP contribution in [-0.2, 0) is 0 Å². The number of halogens is 3. The molecule has 0 heterocycles. The molecule has 1 aromatic carbocycles. The van der Waals surface area contributed by atoms with Gasteiger partial charge in [0.2, 0.25) is 0 Å². The Labute approximate surface area is 105 Å². The summed E-state index contributed by atoms with van der Waals surface area (Å²) in [5.41, 5.74) is 0.00501. The average molecular weight is 257 g/mol. The molecule has 1 aliphatic rings. The Hall–Kier alpha value is -1.13. The Morgan fingerprint density at radius 1 is 1.22 bits per heavy atom. The van der Waals surface area contributed by atoms with E-state index in [1.807, 2.05) is 0 Å². The molecule has 0 N–H and O–H groups in total. The van der Waals surface area contributed by atoms with Crippen molar-refractivity contribution in [1.82, 2.24) is 0 Å². The van der Waals surface area contributed by atoms with Gasteiger partial charge in [0.15, 0.2) is 0 Å². The van der Waals surface area contributed by atoms with Crippen LogP contribution in [0.5, 0.6) is 5.75 Å². The largest absolute Gasteiger partial charge is 0.509 e. The molecule has 0 atom stereocenters. The molecule has 1 aliphatic carbocycles. The predicted molar refractivity (Wildman–Crippen MR) is 67.3 cm³/mol. The molecule has 1 fully saturated rings. The van der Waals surface area contributed by atoms with Gasteiger partial charge in [-0.2, -0.15) is 0 Å². The molecule has 0 unspecified atom stereocenters. The van der Waals surface area contributed by atoms with Crippen LogP contribution in [0.4, 0.5) is 12.9 Å². The van der Waals surface area contributed by atoms with Crippen molar-refractivity contribution in [3.05, 3.63) is 23.8 Å². The van der Waals surface area contributed by atoms with Gasteiger partial charge in [-0.25, -0.2) is 0 Å². The standard InChI is InChI=1S/C13H17BF3O/c1-10-8-12(14(15,16)17)6-7-13(10)18-9-11-4-2-3-5-11/h6-8,11H,2-5,9H2,1H3/q-1. The van der Waals surface area contributed by atoms with Crippen molar-refractivity contribution in [2.24, 2.45) is 5.92 Å². The van der Waals surface area contributed by atoms with Crippen LogP contribution in [0.25, 0.3) is 0 Å². The van der Waals surface area contributed by atoms with E-state index in [-0.39, 0.29) is 0 Å². The van der Waals surface area contributed by atoms with E-state index in [1.165, 1.54) is 37.8 Å². The molecular weight excluding hydrogens is 240 g/mol. The summed E-state index contributed by atoms with van der Waals surface area (Å²) in [5.74, 6) is 1.14.